The van der Waals surface area contributed by atoms with Crippen LogP contribution in [0.3, 0.4) is 0 Å². The number of aliphatic hydroxyl groups excluding tert-OH is 1. The number of ether oxygens (including phenoxy) is 1. The maximum atomic E-state index is 12.7. The Labute approximate surface area is 77.0 Å². The Bertz CT molecular complexity index is 275. The normalized spacial score (nSPS) is 15.4. The van der Waals surface area contributed by atoms with Crippen LogP contribution in [-0.4, -0.2) is 18.3 Å². The van der Waals surface area contributed by atoms with Crippen LogP contribution in [0.2, 0.25) is 0 Å². The third kappa shape index (κ3) is 2.50. The van der Waals surface area contributed by atoms with Crippen LogP contribution >= 0.6 is 0 Å². The molecule has 1 aromatic rings. The van der Waals surface area contributed by atoms with Crippen molar-refractivity contribution in [2.24, 2.45) is 0 Å². The zero-order valence-electron chi connectivity index (χ0n) is 7.70. The molecule has 0 aliphatic rings. The maximum absolute atomic E-state index is 12.7. The molecule has 2 atom stereocenters. The number of benzene rings is 1. The van der Waals surface area contributed by atoms with Gasteiger partial charge in [0, 0.05) is 7.11 Å². The standard InChI is InChI=1S/C10H13FO2/c1-7(13-2)10(12)8-4-3-5-9(11)6-8/h3-7,10,12H,1-2H3. The molecule has 1 rings (SSSR count). The monoisotopic (exact) mass is 184 g/mol. The molecule has 2 nitrogen and oxygen atoms in total. The van der Waals surface area contributed by atoms with Gasteiger partial charge in [-0.05, 0) is 24.6 Å². The van der Waals surface area contributed by atoms with Crippen LogP contribution in [0.25, 0.3) is 0 Å². The lowest BCUT2D eigenvalue weighted by Crippen LogP contribution is -2.16. The molecule has 2 unspecified atom stereocenters. The van der Waals surface area contributed by atoms with Crippen LogP contribution in [0.5, 0.6) is 0 Å². The minimum Gasteiger partial charge on any atom is -0.386 e. The van der Waals surface area contributed by atoms with Gasteiger partial charge in [0.1, 0.15) is 11.9 Å². The molecule has 0 aromatic heterocycles. The summed E-state index contributed by atoms with van der Waals surface area (Å²) in [6.07, 6.45) is -1.11. The Hall–Kier alpha value is -0.930. The number of halogens is 1. The Kier molecular flexibility index (Phi) is 3.39. The Balaban J connectivity index is 2.82. The molecule has 13 heavy (non-hydrogen) atoms. The van der Waals surface area contributed by atoms with Gasteiger partial charge in [-0.15, -0.1) is 0 Å². The predicted molar refractivity (Wildman–Crippen MR) is 47.8 cm³/mol. The Morgan fingerprint density at radius 1 is 1.46 bits per heavy atom. The highest BCUT2D eigenvalue weighted by molar-refractivity contribution is 5.19. The first-order valence-corrected chi connectivity index (χ1v) is 4.11. The summed E-state index contributed by atoms with van der Waals surface area (Å²) in [5.74, 6) is -0.347. The van der Waals surface area contributed by atoms with E-state index in [-0.39, 0.29) is 11.9 Å². The predicted octanol–water partition coefficient (Wildman–Crippen LogP) is 1.89. The highest BCUT2D eigenvalue weighted by Crippen LogP contribution is 2.18. The van der Waals surface area contributed by atoms with E-state index in [0.29, 0.717) is 5.56 Å². The van der Waals surface area contributed by atoms with Crippen molar-refractivity contribution >= 4 is 0 Å². The van der Waals surface area contributed by atoms with Crippen molar-refractivity contribution in [2.75, 3.05) is 7.11 Å². The van der Waals surface area contributed by atoms with Gasteiger partial charge in [-0.1, -0.05) is 12.1 Å². The summed E-state index contributed by atoms with van der Waals surface area (Å²) in [6.45, 7) is 1.73. The fraction of sp³-hybridized carbons (Fsp3) is 0.400. The molecule has 0 aliphatic carbocycles. The Morgan fingerprint density at radius 2 is 2.15 bits per heavy atom. The SMILES string of the molecule is COC(C)C(O)c1cccc(F)c1. The van der Waals surface area contributed by atoms with E-state index in [1.165, 1.54) is 19.2 Å². The fourth-order valence-corrected chi connectivity index (χ4v) is 1.09. The first-order chi connectivity index (χ1) is 6.15. The van der Waals surface area contributed by atoms with Crippen LogP contribution in [0.1, 0.15) is 18.6 Å². The van der Waals surface area contributed by atoms with Gasteiger partial charge in [-0.2, -0.15) is 0 Å². The van der Waals surface area contributed by atoms with Crippen LogP contribution in [-0.2, 0) is 4.74 Å². The van der Waals surface area contributed by atoms with Gasteiger partial charge in [0.25, 0.3) is 0 Å². The molecule has 0 spiro atoms. The van der Waals surface area contributed by atoms with Crippen molar-refractivity contribution < 1.29 is 14.2 Å². The van der Waals surface area contributed by atoms with Gasteiger partial charge in [-0.3, -0.25) is 0 Å². The molecule has 0 fully saturated rings. The highest BCUT2D eigenvalue weighted by atomic mass is 19.1. The Morgan fingerprint density at radius 3 is 2.69 bits per heavy atom. The molecule has 72 valence electrons. The van der Waals surface area contributed by atoms with Crippen LogP contribution in [0, 0.1) is 5.82 Å². The zero-order chi connectivity index (χ0) is 9.84. The lowest BCUT2D eigenvalue weighted by molar-refractivity contribution is -0.00155. The van der Waals surface area contributed by atoms with Crippen molar-refractivity contribution in [2.45, 2.75) is 19.1 Å². The smallest absolute Gasteiger partial charge is 0.123 e. The van der Waals surface area contributed by atoms with E-state index in [2.05, 4.69) is 0 Å². The lowest BCUT2D eigenvalue weighted by atomic mass is 10.1. The van der Waals surface area contributed by atoms with Crippen LogP contribution in [0.4, 0.5) is 4.39 Å². The van der Waals surface area contributed by atoms with Gasteiger partial charge in [0.2, 0.25) is 0 Å². The van der Waals surface area contributed by atoms with Gasteiger partial charge in [0.05, 0.1) is 6.10 Å². The van der Waals surface area contributed by atoms with E-state index < -0.39 is 6.10 Å². The minimum atomic E-state index is -0.777. The largest absolute Gasteiger partial charge is 0.386 e. The van der Waals surface area contributed by atoms with Crippen LogP contribution < -0.4 is 0 Å². The molecule has 1 aromatic carbocycles. The summed E-state index contributed by atoms with van der Waals surface area (Å²) in [4.78, 5) is 0. The van der Waals surface area contributed by atoms with Gasteiger partial charge in [0.15, 0.2) is 0 Å². The van der Waals surface area contributed by atoms with Crippen molar-refractivity contribution in [1.82, 2.24) is 0 Å². The summed E-state index contributed by atoms with van der Waals surface area (Å²) in [7, 11) is 1.51. The molecule has 1 N–H and O–H groups in total. The summed E-state index contributed by atoms with van der Waals surface area (Å²) in [5, 5.41) is 9.62. The summed E-state index contributed by atoms with van der Waals surface area (Å²) in [5.41, 5.74) is 0.536. The summed E-state index contributed by atoms with van der Waals surface area (Å²) in [6, 6.07) is 5.88. The second kappa shape index (κ2) is 4.35. The van der Waals surface area contributed by atoms with E-state index in [1.807, 2.05) is 0 Å². The zero-order valence-corrected chi connectivity index (χ0v) is 7.70. The van der Waals surface area contributed by atoms with Gasteiger partial charge >= 0.3 is 0 Å². The van der Waals surface area contributed by atoms with Crippen molar-refractivity contribution in [3.8, 4) is 0 Å². The van der Waals surface area contributed by atoms with E-state index in [9.17, 15) is 9.50 Å². The number of hydrogen-bond donors (Lipinski definition) is 1. The lowest BCUT2D eigenvalue weighted by Gasteiger charge is -2.17. The van der Waals surface area contributed by atoms with Crippen molar-refractivity contribution in [3.05, 3.63) is 35.6 Å². The second-order valence-corrected chi connectivity index (χ2v) is 2.94. The molecular formula is C10H13FO2. The van der Waals surface area contributed by atoms with Gasteiger partial charge in [-0.25, -0.2) is 4.39 Å². The van der Waals surface area contributed by atoms with E-state index >= 15 is 0 Å². The number of hydrogen-bond acceptors (Lipinski definition) is 2. The molecule has 0 bridgehead atoms. The topological polar surface area (TPSA) is 29.5 Å². The summed E-state index contributed by atoms with van der Waals surface area (Å²) >= 11 is 0. The first kappa shape index (κ1) is 10.2. The van der Waals surface area contributed by atoms with E-state index in [1.54, 1.807) is 19.1 Å². The maximum Gasteiger partial charge on any atom is 0.123 e. The van der Waals surface area contributed by atoms with Crippen molar-refractivity contribution in [1.29, 1.82) is 0 Å². The number of aliphatic hydroxyl groups is 1. The highest BCUT2D eigenvalue weighted by Gasteiger charge is 2.15. The second-order valence-electron chi connectivity index (χ2n) is 2.94. The average molecular weight is 184 g/mol. The molecule has 0 radical (unpaired) electrons. The molecule has 0 saturated heterocycles. The number of rotatable bonds is 3. The van der Waals surface area contributed by atoms with Crippen LogP contribution in [0.15, 0.2) is 24.3 Å². The molecule has 0 amide bonds. The van der Waals surface area contributed by atoms with Gasteiger partial charge < -0.3 is 9.84 Å². The fourth-order valence-electron chi connectivity index (χ4n) is 1.09. The number of methoxy groups -OCH3 is 1. The summed E-state index contributed by atoms with van der Waals surface area (Å²) < 4.78 is 17.7. The third-order valence-corrected chi connectivity index (χ3v) is 2.01. The minimum absolute atomic E-state index is 0.332. The molecule has 0 heterocycles. The quantitative estimate of drug-likeness (QED) is 0.777. The van der Waals surface area contributed by atoms with E-state index in [4.69, 9.17) is 4.74 Å². The third-order valence-electron chi connectivity index (χ3n) is 2.01. The molecular weight excluding hydrogens is 171 g/mol. The molecule has 0 aliphatic heterocycles. The van der Waals surface area contributed by atoms with E-state index in [0.717, 1.165) is 0 Å². The van der Waals surface area contributed by atoms with Crippen molar-refractivity contribution in [3.63, 3.8) is 0 Å². The molecule has 0 saturated carbocycles. The average Bonchev–Trinajstić information content (AvgIpc) is 2.15. The first-order valence-electron chi connectivity index (χ1n) is 4.11. The molecule has 3 heteroatoms.